The Morgan fingerprint density at radius 3 is 2.15 bits per heavy atom. The minimum atomic E-state index is -0.472. The van der Waals surface area contributed by atoms with E-state index in [4.69, 9.17) is 15.0 Å². The SMILES string of the molecule is C=CC(C)(C)CN=C/C(=C\N)B1OC(C)(C)C(C)(C)O1. The van der Waals surface area contributed by atoms with Crippen molar-refractivity contribution in [2.45, 2.75) is 52.7 Å². The van der Waals surface area contributed by atoms with E-state index in [2.05, 4.69) is 25.4 Å². The van der Waals surface area contributed by atoms with E-state index in [0.29, 0.717) is 6.54 Å². The van der Waals surface area contributed by atoms with Gasteiger partial charge in [-0.15, -0.1) is 6.58 Å². The summed E-state index contributed by atoms with van der Waals surface area (Å²) in [5.74, 6) is 0. The molecular formula is C15H27BN2O2. The van der Waals surface area contributed by atoms with Crippen LogP contribution in [0.1, 0.15) is 41.5 Å². The van der Waals surface area contributed by atoms with Crippen molar-refractivity contribution in [3.63, 3.8) is 0 Å². The van der Waals surface area contributed by atoms with E-state index in [0.717, 1.165) is 5.47 Å². The van der Waals surface area contributed by atoms with Crippen LogP contribution in [0.4, 0.5) is 0 Å². The van der Waals surface area contributed by atoms with Gasteiger partial charge in [0.05, 0.1) is 11.2 Å². The molecule has 20 heavy (non-hydrogen) atoms. The minimum Gasteiger partial charge on any atom is -0.405 e. The Hall–Kier alpha value is -1.07. The molecule has 0 amide bonds. The molecule has 0 atom stereocenters. The van der Waals surface area contributed by atoms with E-state index >= 15 is 0 Å². The fourth-order valence-electron chi connectivity index (χ4n) is 1.61. The lowest BCUT2D eigenvalue weighted by atomic mass is 9.79. The van der Waals surface area contributed by atoms with Gasteiger partial charge >= 0.3 is 7.12 Å². The quantitative estimate of drug-likeness (QED) is 0.478. The lowest BCUT2D eigenvalue weighted by Gasteiger charge is -2.32. The molecule has 4 nitrogen and oxygen atoms in total. The summed E-state index contributed by atoms with van der Waals surface area (Å²) in [6, 6.07) is 0. The second-order valence-corrected chi connectivity index (χ2v) is 6.92. The Bertz CT molecular complexity index is 410. The van der Waals surface area contributed by atoms with Crippen LogP contribution < -0.4 is 5.73 Å². The van der Waals surface area contributed by atoms with Crippen molar-refractivity contribution in [3.8, 4) is 0 Å². The topological polar surface area (TPSA) is 56.8 Å². The van der Waals surface area contributed by atoms with Gasteiger partial charge in [0.25, 0.3) is 0 Å². The van der Waals surface area contributed by atoms with Crippen LogP contribution in [0.15, 0.2) is 29.3 Å². The predicted octanol–water partition coefficient (Wildman–Crippen LogP) is 2.74. The summed E-state index contributed by atoms with van der Waals surface area (Å²) in [6.45, 7) is 16.7. The molecule has 112 valence electrons. The maximum atomic E-state index is 5.94. The Morgan fingerprint density at radius 2 is 1.75 bits per heavy atom. The summed E-state index contributed by atoms with van der Waals surface area (Å²) >= 11 is 0. The van der Waals surface area contributed by atoms with Gasteiger partial charge in [-0.1, -0.05) is 19.9 Å². The van der Waals surface area contributed by atoms with Gasteiger partial charge in [-0.25, -0.2) is 0 Å². The number of nitrogens with zero attached hydrogens (tertiary/aromatic N) is 1. The summed E-state index contributed by atoms with van der Waals surface area (Å²) in [5, 5.41) is 0. The van der Waals surface area contributed by atoms with Gasteiger partial charge in [-0.2, -0.15) is 0 Å². The van der Waals surface area contributed by atoms with Gasteiger partial charge in [-0.05, 0) is 33.9 Å². The number of nitrogens with two attached hydrogens (primary N) is 1. The third-order valence-corrected chi connectivity index (χ3v) is 4.01. The number of rotatable bonds is 5. The van der Waals surface area contributed by atoms with Gasteiger partial charge in [0.1, 0.15) is 0 Å². The highest BCUT2D eigenvalue weighted by molar-refractivity contribution is 6.60. The van der Waals surface area contributed by atoms with Crippen molar-refractivity contribution in [1.29, 1.82) is 0 Å². The molecule has 1 aliphatic heterocycles. The summed E-state index contributed by atoms with van der Waals surface area (Å²) in [4.78, 5) is 4.42. The first-order valence-electron chi connectivity index (χ1n) is 6.95. The molecule has 1 aliphatic rings. The van der Waals surface area contributed by atoms with Gasteiger partial charge in [-0.3, -0.25) is 4.99 Å². The summed E-state index contributed by atoms with van der Waals surface area (Å²) in [6.07, 6.45) is 5.12. The lowest BCUT2D eigenvalue weighted by molar-refractivity contribution is 0.00578. The average molecular weight is 278 g/mol. The highest BCUT2D eigenvalue weighted by Crippen LogP contribution is 2.38. The van der Waals surface area contributed by atoms with E-state index in [9.17, 15) is 0 Å². The second-order valence-electron chi connectivity index (χ2n) is 6.92. The number of hydrogen-bond acceptors (Lipinski definition) is 4. The molecule has 0 radical (unpaired) electrons. The van der Waals surface area contributed by atoms with Gasteiger partial charge in [0, 0.05) is 23.6 Å². The zero-order valence-electron chi connectivity index (χ0n) is 13.6. The maximum absolute atomic E-state index is 5.94. The molecule has 1 rings (SSSR count). The molecule has 1 heterocycles. The highest BCUT2D eigenvalue weighted by Gasteiger charge is 2.52. The first-order chi connectivity index (χ1) is 9.04. The monoisotopic (exact) mass is 278 g/mol. The lowest BCUT2D eigenvalue weighted by Crippen LogP contribution is -2.41. The van der Waals surface area contributed by atoms with Crippen molar-refractivity contribution < 1.29 is 9.31 Å². The predicted molar refractivity (Wildman–Crippen MR) is 85.7 cm³/mol. The molecule has 0 aromatic carbocycles. The minimum absolute atomic E-state index is 0.0356. The van der Waals surface area contributed by atoms with Crippen molar-refractivity contribution in [2.24, 2.45) is 16.1 Å². The third-order valence-electron chi connectivity index (χ3n) is 4.01. The van der Waals surface area contributed by atoms with Crippen LogP contribution in [0.5, 0.6) is 0 Å². The fourth-order valence-corrected chi connectivity index (χ4v) is 1.61. The Kier molecular flexibility index (Phi) is 4.88. The normalized spacial score (nSPS) is 22.5. The van der Waals surface area contributed by atoms with Crippen molar-refractivity contribution in [2.75, 3.05) is 6.54 Å². The summed E-state index contributed by atoms with van der Waals surface area (Å²) in [5.41, 5.74) is 5.63. The molecule has 0 unspecified atom stereocenters. The van der Waals surface area contributed by atoms with E-state index in [1.165, 1.54) is 6.20 Å². The van der Waals surface area contributed by atoms with Crippen LogP contribution in [0.3, 0.4) is 0 Å². The molecule has 5 heteroatoms. The molecule has 1 saturated heterocycles. The zero-order chi connectivity index (χ0) is 15.6. The average Bonchev–Trinajstić information content (AvgIpc) is 2.54. The van der Waals surface area contributed by atoms with Crippen LogP contribution in [-0.4, -0.2) is 31.1 Å². The van der Waals surface area contributed by atoms with Gasteiger partial charge < -0.3 is 15.0 Å². The van der Waals surface area contributed by atoms with Crippen LogP contribution in [0.25, 0.3) is 0 Å². The molecule has 0 spiro atoms. The number of aliphatic imine (C=N–C) groups is 1. The van der Waals surface area contributed by atoms with Crippen LogP contribution in [0, 0.1) is 5.41 Å². The van der Waals surface area contributed by atoms with Crippen LogP contribution >= 0.6 is 0 Å². The number of allylic oxidation sites excluding steroid dienone is 1. The molecule has 2 N–H and O–H groups in total. The van der Waals surface area contributed by atoms with Gasteiger partial charge in [0.2, 0.25) is 0 Å². The number of hydrogen-bond donors (Lipinski definition) is 1. The first kappa shape index (κ1) is 17.0. The Labute approximate surface area is 123 Å². The molecule has 0 saturated carbocycles. The summed E-state index contributed by atoms with van der Waals surface area (Å²) < 4.78 is 11.9. The van der Waals surface area contributed by atoms with Crippen LogP contribution in [0.2, 0.25) is 0 Å². The third kappa shape index (κ3) is 3.73. The fraction of sp³-hybridized carbons (Fsp3) is 0.667. The first-order valence-corrected chi connectivity index (χ1v) is 6.95. The molecule has 0 aromatic heterocycles. The molecular weight excluding hydrogens is 251 g/mol. The standard InChI is InChI=1S/C15H27BN2O2/c1-8-13(2,3)11-18-10-12(9-17)16-19-14(4,5)15(6,7)20-16/h8-10H,1,11,17H2,2-7H3/b12-9+,18-10?. The Balaban J connectivity index is 2.76. The van der Waals surface area contributed by atoms with Crippen molar-refractivity contribution >= 4 is 13.3 Å². The second kappa shape index (κ2) is 5.74. The van der Waals surface area contributed by atoms with Crippen molar-refractivity contribution in [3.05, 3.63) is 24.3 Å². The summed E-state index contributed by atoms with van der Waals surface area (Å²) in [7, 11) is -0.472. The van der Waals surface area contributed by atoms with E-state index < -0.39 is 7.12 Å². The van der Waals surface area contributed by atoms with Crippen molar-refractivity contribution in [1.82, 2.24) is 0 Å². The molecule has 0 aromatic rings. The highest BCUT2D eigenvalue weighted by atomic mass is 16.7. The zero-order valence-corrected chi connectivity index (χ0v) is 13.6. The van der Waals surface area contributed by atoms with E-state index in [1.807, 2.05) is 33.8 Å². The molecule has 0 aliphatic carbocycles. The molecule has 1 fully saturated rings. The maximum Gasteiger partial charge on any atom is 0.497 e. The Morgan fingerprint density at radius 1 is 1.25 bits per heavy atom. The van der Waals surface area contributed by atoms with E-state index in [-0.39, 0.29) is 16.6 Å². The molecule has 0 bridgehead atoms. The smallest absolute Gasteiger partial charge is 0.405 e. The van der Waals surface area contributed by atoms with E-state index in [1.54, 1.807) is 6.21 Å². The van der Waals surface area contributed by atoms with Gasteiger partial charge in [0.15, 0.2) is 0 Å². The van der Waals surface area contributed by atoms with Crippen LogP contribution in [-0.2, 0) is 9.31 Å². The largest absolute Gasteiger partial charge is 0.497 e.